The van der Waals surface area contributed by atoms with Crippen molar-refractivity contribution in [3.63, 3.8) is 0 Å². The second kappa shape index (κ2) is 9.53. The molecule has 0 atom stereocenters. The SMILES string of the molecule is CCOCc1ccccc1CNC(=O)c1csc(CN)n1.Cl. The third kappa shape index (κ3) is 5.06. The summed E-state index contributed by atoms with van der Waals surface area (Å²) in [7, 11) is 0. The number of benzene rings is 1. The zero-order valence-corrected chi connectivity index (χ0v) is 14.0. The van der Waals surface area contributed by atoms with Crippen LogP contribution in [-0.4, -0.2) is 17.5 Å². The highest BCUT2D eigenvalue weighted by Gasteiger charge is 2.10. The van der Waals surface area contributed by atoms with Gasteiger partial charge in [-0.1, -0.05) is 24.3 Å². The Balaban J connectivity index is 0.00000242. The predicted octanol–water partition coefficient (Wildman–Crippen LogP) is 2.49. The van der Waals surface area contributed by atoms with E-state index in [4.69, 9.17) is 10.5 Å². The molecule has 0 unspecified atom stereocenters. The van der Waals surface area contributed by atoms with Gasteiger partial charge in [0.05, 0.1) is 6.61 Å². The molecule has 2 aromatic rings. The summed E-state index contributed by atoms with van der Waals surface area (Å²) in [6, 6.07) is 7.91. The number of halogens is 1. The summed E-state index contributed by atoms with van der Waals surface area (Å²) in [6.45, 7) is 3.99. The number of carbonyl (C=O) groups excluding carboxylic acids is 1. The summed E-state index contributed by atoms with van der Waals surface area (Å²) in [4.78, 5) is 16.2. The quantitative estimate of drug-likeness (QED) is 0.811. The second-order valence-corrected chi connectivity index (χ2v) is 5.36. The number of ether oxygens (including phenoxy) is 1. The molecule has 0 aliphatic heterocycles. The Kier molecular flexibility index (Phi) is 8.05. The number of hydrogen-bond acceptors (Lipinski definition) is 5. The van der Waals surface area contributed by atoms with Crippen LogP contribution in [0, 0.1) is 0 Å². The lowest BCUT2D eigenvalue weighted by molar-refractivity contribution is 0.0945. The van der Waals surface area contributed by atoms with E-state index in [0.717, 1.165) is 16.1 Å². The summed E-state index contributed by atoms with van der Waals surface area (Å²) in [5.74, 6) is -0.183. The maximum atomic E-state index is 12.0. The van der Waals surface area contributed by atoms with Crippen LogP contribution in [0.15, 0.2) is 29.6 Å². The lowest BCUT2D eigenvalue weighted by Gasteiger charge is -2.10. The van der Waals surface area contributed by atoms with Crippen molar-refractivity contribution in [2.75, 3.05) is 6.61 Å². The van der Waals surface area contributed by atoms with E-state index in [1.165, 1.54) is 11.3 Å². The van der Waals surface area contributed by atoms with Gasteiger partial charge in [-0.3, -0.25) is 4.79 Å². The van der Waals surface area contributed by atoms with Crippen LogP contribution >= 0.6 is 23.7 Å². The predicted molar refractivity (Wildman–Crippen MR) is 90.2 cm³/mol. The molecule has 0 saturated heterocycles. The van der Waals surface area contributed by atoms with Crippen LogP contribution in [0.25, 0.3) is 0 Å². The van der Waals surface area contributed by atoms with Gasteiger partial charge in [-0.2, -0.15) is 0 Å². The summed E-state index contributed by atoms with van der Waals surface area (Å²) in [5.41, 5.74) is 8.05. The standard InChI is InChI=1S/C15H19N3O2S.ClH/c1-2-20-9-12-6-4-3-5-11(12)8-17-15(19)13-10-21-14(7-16)18-13;/h3-6,10H,2,7-9,16H2,1H3,(H,17,19);1H. The molecular weight excluding hydrogens is 322 g/mol. The van der Waals surface area contributed by atoms with Crippen molar-refractivity contribution in [1.82, 2.24) is 10.3 Å². The average Bonchev–Trinajstić information content (AvgIpc) is 3.00. The van der Waals surface area contributed by atoms with Gasteiger partial charge in [0.25, 0.3) is 5.91 Å². The summed E-state index contributed by atoms with van der Waals surface area (Å²) in [5, 5.41) is 5.37. The number of nitrogens with zero attached hydrogens (tertiary/aromatic N) is 1. The van der Waals surface area contributed by atoms with Crippen molar-refractivity contribution < 1.29 is 9.53 Å². The Morgan fingerprint density at radius 3 is 2.73 bits per heavy atom. The number of nitrogens with one attached hydrogen (secondary N) is 1. The fourth-order valence-electron chi connectivity index (χ4n) is 1.86. The first-order valence-corrected chi connectivity index (χ1v) is 7.69. The minimum Gasteiger partial charge on any atom is -0.377 e. The summed E-state index contributed by atoms with van der Waals surface area (Å²) >= 11 is 1.40. The van der Waals surface area contributed by atoms with Gasteiger partial charge in [0.2, 0.25) is 0 Å². The van der Waals surface area contributed by atoms with Crippen LogP contribution in [0.4, 0.5) is 0 Å². The zero-order chi connectivity index (χ0) is 15.1. The number of nitrogens with two attached hydrogens (primary N) is 1. The van der Waals surface area contributed by atoms with Gasteiger partial charge in [0.1, 0.15) is 10.7 Å². The van der Waals surface area contributed by atoms with E-state index in [1.54, 1.807) is 5.38 Å². The molecule has 0 aliphatic carbocycles. The van der Waals surface area contributed by atoms with Gasteiger partial charge in [-0.25, -0.2) is 4.98 Å². The maximum absolute atomic E-state index is 12.0. The number of thiazole rings is 1. The zero-order valence-electron chi connectivity index (χ0n) is 12.4. The average molecular weight is 342 g/mol. The molecule has 0 fully saturated rings. The number of aromatic nitrogens is 1. The Morgan fingerprint density at radius 1 is 1.36 bits per heavy atom. The van der Waals surface area contributed by atoms with Gasteiger partial charge in [-0.15, -0.1) is 23.7 Å². The van der Waals surface area contributed by atoms with Crippen molar-refractivity contribution >= 4 is 29.7 Å². The van der Waals surface area contributed by atoms with Crippen molar-refractivity contribution in [2.45, 2.75) is 26.6 Å². The molecule has 0 saturated carbocycles. The third-order valence-corrected chi connectivity index (χ3v) is 3.85. The van der Waals surface area contributed by atoms with Gasteiger partial charge in [0.15, 0.2) is 0 Å². The van der Waals surface area contributed by atoms with Gasteiger partial charge < -0.3 is 15.8 Å². The van der Waals surface area contributed by atoms with E-state index in [0.29, 0.717) is 32.0 Å². The van der Waals surface area contributed by atoms with Gasteiger partial charge in [0, 0.05) is 25.1 Å². The highest BCUT2D eigenvalue weighted by molar-refractivity contribution is 7.09. The molecule has 2 rings (SSSR count). The Hall–Kier alpha value is -1.47. The van der Waals surface area contributed by atoms with E-state index in [-0.39, 0.29) is 18.3 Å². The van der Waals surface area contributed by atoms with Crippen LogP contribution in [0.5, 0.6) is 0 Å². The normalized spacial score (nSPS) is 10.1. The van der Waals surface area contributed by atoms with Crippen LogP contribution in [0.1, 0.15) is 33.5 Å². The minimum absolute atomic E-state index is 0. The van der Waals surface area contributed by atoms with Gasteiger partial charge in [-0.05, 0) is 18.1 Å². The molecule has 120 valence electrons. The molecule has 3 N–H and O–H groups in total. The van der Waals surface area contributed by atoms with Crippen LogP contribution < -0.4 is 11.1 Å². The first-order chi connectivity index (χ1) is 10.2. The maximum Gasteiger partial charge on any atom is 0.271 e. The Morgan fingerprint density at radius 2 is 2.09 bits per heavy atom. The summed E-state index contributed by atoms with van der Waals surface area (Å²) < 4.78 is 5.43. The first-order valence-electron chi connectivity index (χ1n) is 6.81. The van der Waals surface area contributed by atoms with Crippen molar-refractivity contribution in [3.05, 3.63) is 51.5 Å². The summed E-state index contributed by atoms with van der Waals surface area (Å²) in [6.07, 6.45) is 0. The number of carbonyl (C=O) groups is 1. The topological polar surface area (TPSA) is 77.2 Å². The van der Waals surface area contributed by atoms with E-state index >= 15 is 0 Å². The van der Waals surface area contributed by atoms with Crippen LogP contribution in [0.2, 0.25) is 0 Å². The monoisotopic (exact) mass is 341 g/mol. The number of rotatable bonds is 7. The van der Waals surface area contributed by atoms with Crippen LogP contribution in [0.3, 0.4) is 0 Å². The lowest BCUT2D eigenvalue weighted by Crippen LogP contribution is -2.24. The van der Waals surface area contributed by atoms with Crippen molar-refractivity contribution in [2.24, 2.45) is 5.73 Å². The van der Waals surface area contributed by atoms with Crippen LogP contribution in [-0.2, 0) is 24.4 Å². The molecule has 1 aromatic carbocycles. The molecule has 22 heavy (non-hydrogen) atoms. The molecule has 0 radical (unpaired) electrons. The lowest BCUT2D eigenvalue weighted by atomic mass is 10.1. The van der Waals surface area contributed by atoms with Gasteiger partial charge >= 0.3 is 0 Å². The van der Waals surface area contributed by atoms with E-state index in [2.05, 4.69) is 10.3 Å². The van der Waals surface area contributed by atoms with E-state index < -0.39 is 0 Å². The largest absolute Gasteiger partial charge is 0.377 e. The molecule has 7 heteroatoms. The van der Waals surface area contributed by atoms with Crippen molar-refractivity contribution in [1.29, 1.82) is 0 Å². The molecule has 0 bridgehead atoms. The first kappa shape index (κ1) is 18.6. The van der Waals surface area contributed by atoms with E-state index in [9.17, 15) is 4.79 Å². The molecular formula is C15H20ClN3O2S. The molecule has 1 heterocycles. The van der Waals surface area contributed by atoms with Crippen molar-refractivity contribution in [3.8, 4) is 0 Å². The molecule has 5 nitrogen and oxygen atoms in total. The fourth-order valence-corrected chi connectivity index (χ4v) is 2.51. The number of hydrogen-bond donors (Lipinski definition) is 2. The number of amides is 1. The Bertz CT molecular complexity index is 604. The minimum atomic E-state index is -0.183. The molecule has 0 aliphatic rings. The fraction of sp³-hybridized carbons (Fsp3) is 0.333. The highest BCUT2D eigenvalue weighted by atomic mass is 35.5. The Labute approximate surface area is 140 Å². The second-order valence-electron chi connectivity index (χ2n) is 4.42. The molecule has 0 spiro atoms. The molecule has 1 aromatic heterocycles. The van der Waals surface area contributed by atoms with E-state index in [1.807, 2.05) is 31.2 Å². The highest BCUT2D eigenvalue weighted by Crippen LogP contribution is 2.12. The molecule has 1 amide bonds. The smallest absolute Gasteiger partial charge is 0.271 e. The third-order valence-electron chi connectivity index (χ3n) is 2.98.